The van der Waals surface area contributed by atoms with Gasteiger partial charge in [0.25, 0.3) is 0 Å². The van der Waals surface area contributed by atoms with Crippen LogP contribution in [0.5, 0.6) is 0 Å². The highest BCUT2D eigenvalue weighted by atomic mass is 32.2. The number of aryl methyl sites for hydroxylation is 1. The maximum atomic E-state index is 12.8. The highest BCUT2D eigenvalue weighted by molar-refractivity contribution is 7.91. The van der Waals surface area contributed by atoms with Crippen LogP contribution in [-0.2, 0) is 27.6 Å². The molecule has 3 heterocycles. The largest absolute Gasteiger partial charge is 0.345 e. The molecule has 150 valence electrons. The summed E-state index contributed by atoms with van der Waals surface area (Å²) in [7, 11) is -3.10. The van der Waals surface area contributed by atoms with E-state index in [2.05, 4.69) is 21.8 Å². The van der Waals surface area contributed by atoms with Crippen LogP contribution in [0.25, 0.3) is 0 Å². The van der Waals surface area contributed by atoms with E-state index in [1.54, 1.807) is 0 Å². The Kier molecular flexibility index (Phi) is 5.29. The van der Waals surface area contributed by atoms with E-state index in [0.29, 0.717) is 13.1 Å². The number of unbranched alkanes of at least 4 members (excludes halogenated alkanes) is 1. The molecule has 1 aliphatic carbocycles. The minimum atomic E-state index is -3.10. The Morgan fingerprint density at radius 2 is 2.04 bits per heavy atom. The summed E-state index contributed by atoms with van der Waals surface area (Å²) >= 11 is 0. The van der Waals surface area contributed by atoms with Gasteiger partial charge in [0.2, 0.25) is 5.91 Å². The summed E-state index contributed by atoms with van der Waals surface area (Å²) in [5.41, 5.74) is 1.03. The molecule has 2 aliphatic heterocycles. The Morgan fingerprint density at radius 3 is 2.74 bits per heavy atom. The molecule has 4 rings (SSSR count). The van der Waals surface area contributed by atoms with E-state index >= 15 is 0 Å². The quantitative estimate of drug-likeness (QED) is 0.787. The SMILES string of the molecule is CCCCc1ncc(CN2CCN(C(=O)C3CCC3)C3CS(=O)(=O)CC32)[nH]1. The van der Waals surface area contributed by atoms with Gasteiger partial charge in [-0.05, 0) is 19.3 Å². The van der Waals surface area contributed by atoms with Crippen LogP contribution in [0, 0.1) is 5.92 Å². The maximum absolute atomic E-state index is 12.8. The molecule has 2 atom stereocenters. The number of piperazine rings is 1. The predicted molar refractivity (Wildman–Crippen MR) is 103 cm³/mol. The molecule has 2 unspecified atom stereocenters. The van der Waals surface area contributed by atoms with Crippen molar-refractivity contribution in [1.82, 2.24) is 19.8 Å². The van der Waals surface area contributed by atoms with Crippen molar-refractivity contribution in [2.45, 2.75) is 64.1 Å². The molecule has 0 radical (unpaired) electrons. The van der Waals surface area contributed by atoms with Crippen molar-refractivity contribution < 1.29 is 13.2 Å². The monoisotopic (exact) mass is 394 g/mol. The van der Waals surface area contributed by atoms with Gasteiger partial charge >= 0.3 is 0 Å². The lowest BCUT2D eigenvalue weighted by molar-refractivity contribution is -0.144. The molecule has 27 heavy (non-hydrogen) atoms. The van der Waals surface area contributed by atoms with E-state index in [4.69, 9.17) is 0 Å². The number of imidazole rings is 1. The molecule has 3 fully saturated rings. The number of sulfone groups is 1. The van der Waals surface area contributed by atoms with Gasteiger partial charge in [0.05, 0.1) is 17.5 Å². The number of aromatic amines is 1. The van der Waals surface area contributed by atoms with E-state index in [9.17, 15) is 13.2 Å². The summed E-state index contributed by atoms with van der Waals surface area (Å²) in [5, 5.41) is 0. The summed E-state index contributed by atoms with van der Waals surface area (Å²) in [6.45, 7) is 4.18. The summed E-state index contributed by atoms with van der Waals surface area (Å²) in [5.74, 6) is 1.56. The zero-order chi connectivity index (χ0) is 19.0. The number of rotatable bonds is 6. The highest BCUT2D eigenvalue weighted by Crippen LogP contribution is 2.33. The summed E-state index contributed by atoms with van der Waals surface area (Å²) in [4.78, 5) is 24.8. The van der Waals surface area contributed by atoms with Crippen molar-refractivity contribution in [3.63, 3.8) is 0 Å². The molecule has 0 spiro atoms. The van der Waals surface area contributed by atoms with Crippen LogP contribution in [0.4, 0.5) is 0 Å². The first-order valence-corrected chi connectivity index (χ1v) is 12.1. The van der Waals surface area contributed by atoms with Gasteiger partial charge in [0.15, 0.2) is 9.84 Å². The van der Waals surface area contributed by atoms with Gasteiger partial charge in [-0.3, -0.25) is 9.69 Å². The van der Waals surface area contributed by atoms with Gasteiger partial charge < -0.3 is 9.88 Å². The molecule has 0 aromatic carbocycles. The first-order valence-electron chi connectivity index (χ1n) is 10.2. The lowest BCUT2D eigenvalue weighted by Crippen LogP contribution is -2.61. The van der Waals surface area contributed by atoms with Crippen LogP contribution in [0.1, 0.15) is 50.5 Å². The molecular formula is C19H30N4O3S. The second kappa shape index (κ2) is 7.54. The van der Waals surface area contributed by atoms with E-state index in [0.717, 1.165) is 56.6 Å². The van der Waals surface area contributed by atoms with E-state index in [1.165, 1.54) is 0 Å². The van der Waals surface area contributed by atoms with Crippen molar-refractivity contribution in [2.24, 2.45) is 5.92 Å². The molecule has 1 aromatic heterocycles. The molecule has 8 heteroatoms. The van der Waals surface area contributed by atoms with Crippen LogP contribution in [0.3, 0.4) is 0 Å². The Morgan fingerprint density at radius 1 is 1.26 bits per heavy atom. The normalized spacial score (nSPS) is 28.1. The fourth-order valence-electron chi connectivity index (χ4n) is 4.56. The van der Waals surface area contributed by atoms with Crippen molar-refractivity contribution in [2.75, 3.05) is 24.6 Å². The van der Waals surface area contributed by atoms with Gasteiger partial charge in [-0.15, -0.1) is 0 Å². The van der Waals surface area contributed by atoms with Gasteiger partial charge in [-0.2, -0.15) is 0 Å². The number of hydrogen-bond donors (Lipinski definition) is 1. The van der Waals surface area contributed by atoms with Crippen molar-refractivity contribution >= 4 is 15.7 Å². The number of fused-ring (bicyclic) bond motifs is 1. The molecule has 7 nitrogen and oxygen atoms in total. The van der Waals surface area contributed by atoms with Crippen LogP contribution >= 0.6 is 0 Å². The average molecular weight is 395 g/mol. The Labute approximate surface area is 161 Å². The van der Waals surface area contributed by atoms with Gasteiger partial charge in [-0.1, -0.05) is 19.8 Å². The molecule has 1 aromatic rings. The number of hydrogen-bond acceptors (Lipinski definition) is 5. The van der Waals surface area contributed by atoms with E-state index in [1.807, 2.05) is 11.1 Å². The predicted octanol–water partition coefficient (Wildman–Crippen LogP) is 1.36. The second-order valence-electron chi connectivity index (χ2n) is 8.30. The number of carbonyl (C=O) groups excluding carboxylic acids is 1. The molecule has 3 aliphatic rings. The zero-order valence-electron chi connectivity index (χ0n) is 16.1. The fraction of sp³-hybridized carbons (Fsp3) is 0.789. The number of nitrogens with zero attached hydrogens (tertiary/aromatic N) is 3. The number of H-pyrrole nitrogens is 1. The van der Waals surface area contributed by atoms with Crippen molar-refractivity contribution in [3.05, 3.63) is 17.7 Å². The second-order valence-corrected chi connectivity index (χ2v) is 10.5. The molecule has 2 saturated heterocycles. The standard InChI is InChI=1S/C19H30N4O3S/c1-2-3-7-18-20-10-15(21-18)11-22-8-9-23(19(24)14-5-4-6-14)17-13-27(25,26)12-16(17)22/h10,14,16-17H,2-9,11-13H2,1H3,(H,20,21). The Bertz CT molecular complexity index is 787. The van der Waals surface area contributed by atoms with Crippen molar-refractivity contribution in [3.8, 4) is 0 Å². The van der Waals surface area contributed by atoms with Crippen LogP contribution in [0.15, 0.2) is 6.20 Å². The zero-order valence-corrected chi connectivity index (χ0v) is 16.9. The molecule has 0 bridgehead atoms. The lowest BCUT2D eigenvalue weighted by Gasteiger charge is -2.45. The van der Waals surface area contributed by atoms with Crippen LogP contribution in [-0.4, -0.2) is 70.8 Å². The third kappa shape index (κ3) is 3.92. The first-order chi connectivity index (χ1) is 13.0. The van der Waals surface area contributed by atoms with Crippen molar-refractivity contribution in [1.29, 1.82) is 0 Å². The number of aromatic nitrogens is 2. The molecular weight excluding hydrogens is 364 g/mol. The average Bonchev–Trinajstić information content (AvgIpc) is 3.14. The first kappa shape index (κ1) is 18.9. The third-order valence-electron chi connectivity index (χ3n) is 6.35. The lowest BCUT2D eigenvalue weighted by atomic mass is 9.83. The summed E-state index contributed by atoms with van der Waals surface area (Å²) < 4.78 is 24.7. The van der Waals surface area contributed by atoms with Crippen LogP contribution < -0.4 is 0 Å². The smallest absolute Gasteiger partial charge is 0.226 e. The summed E-state index contributed by atoms with van der Waals surface area (Å²) in [6.07, 6.45) is 8.08. The maximum Gasteiger partial charge on any atom is 0.226 e. The molecule has 1 amide bonds. The number of nitrogens with one attached hydrogen (secondary N) is 1. The molecule has 1 saturated carbocycles. The fourth-order valence-corrected chi connectivity index (χ4v) is 6.57. The van der Waals surface area contributed by atoms with Gasteiger partial charge in [0, 0.05) is 49.9 Å². The Hall–Kier alpha value is -1.41. The topological polar surface area (TPSA) is 86.4 Å². The number of carbonyl (C=O) groups is 1. The highest BCUT2D eigenvalue weighted by Gasteiger charge is 2.49. The van der Waals surface area contributed by atoms with E-state index < -0.39 is 9.84 Å². The Balaban J connectivity index is 1.47. The minimum absolute atomic E-state index is 0.102. The van der Waals surface area contributed by atoms with Gasteiger partial charge in [0.1, 0.15) is 5.82 Å². The third-order valence-corrected chi connectivity index (χ3v) is 8.05. The minimum Gasteiger partial charge on any atom is -0.345 e. The van der Waals surface area contributed by atoms with E-state index in [-0.39, 0.29) is 35.4 Å². The van der Waals surface area contributed by atoms with Gasteiger partial charge in [-0.25, -0.2) is 13.4 Å². The summed E-state index contributed by atoms with van der Waals surface area (Å²) in [6, 6.07) is -0.297. The molecule has 1 N–H and O–H groups in total. The van der Waals surface area contributed by atoms with Crippen LogP contribution in [0.2, 0.25) is 0 Å². The number of amides is 1.